The van der Waals surface area contributed by atoms with Gasteiger partial charge >= 0.3 is 0 Å². The van der Waals surface area contributed by atoms with E-state index < -0.39 is 0 Å². The Morgan fingerprint density at radius 3 is 2.72 bits per heavy atom. The molecule has 106 valence electrons. The Kier molecular flexibility index (Phi) is 6.20. The van der Waals surface area contributed by atoms with Crippen LogP contribution in [0.4, 0.5) is 0 Å². The summed E-state index contributed by atoms with van der Waals surface area (Å²) < 4.78 is 0.958. The number of thioether (sulfide) groups is 1. The number of nitrogens with one attached hydrogen (secondary N) is 2. The molecule has 6 nitrogen and oxygen atoms in total. The summed E-state index contributed by atoms with van der Waals surface area (Å²) in [6, 6.07) is 0. The lowest BCUT2D eigenvalue weighted by Crippen LogP contribution is -2.48. The predicted octanol–water partition coefficient (Wildman–Crippen LogP) is -0.0267. The van der Waals surface area contributed by atoms with Gasteiger partial charge in [-0.15, -0.1) is 10.2 Å². The Labute approximate surface area is 115 Å². The maximum absolute atomic E-state index is 4.34. The topological polar surface area (TPSA) is 42.9 Å². The molecule has 0 bridgehead atoms. The molecule has 1 aliphatic heterocycles. The largest absolute Gasteiger partial charge is 0.329 e. The fourth-order valence-corrected chi connectivity index (χ4v) is 2.39. The van der Waals surface area contributed by atoms with Crippen LogP contribution in [0, 0.1) is 0 Å². The van der Waals surface area contributed by atoms with Gasteiger partial charge in [0.1, 0.15) is 0 Å². The highest BCUT2D eigenvalue weighted by Gasteiger charge is 2.24. The maximum atomic E-state index is 4.34. The van der Waals surface area contributed by atoms with Gasteiger partial charge in [-0.2, -0.15) is 0 Å². The lowest BCUT2D eigenvalue weighted by molar-refractivity contribution is -0.869. The smallest absolute Gasteiger partial charge is 0.200 e. The first kappa shape index (κ1) is 15.6. The predicted molar refractivity (Wildman–Crippen MR) is 78.9 cm³/mol. The van der Waals surface area contributed by atoms with Crippen LogP contribution in [0.3, 0.4) is 0 Å². The van der Waals surface area contributed by atoms with Crippen molar-refractivity contribution < 1.29 is 4.48 Å². The first-order valence-corrected chi connectivity index (χ1v) is 7.41. The summed E-state index contributed by atoms with van der Waals surface area (Å²) >= 11 is 1.79. The number of hydrazine groups is 2. The second-order valence-electron chi connectivity index (χ2n) is 5.36. The molecule has 0 saturated heterocycles. The third-order valence-corrected chi connectivity index (χ3v) is 3.58. The van der Waals surface area contributed by atoms with E-state index in [9.17, 15) is 0 Å². The number of quaternary nitrogens is 1. The Morgan fingerprint density at radius 2 is 2.11 bits per heavy atom. The van der Waals surface area contributed by atoms with E-state index in [-0.39, 0.29) is 0 Å². The van der Waals surface area contributed by atoms with Gasteiger partial charge in [-0.1, -0.05) is 18.7 Å². The fraction of sp³-hybridized carbons (Fsp3) is 0.909. The Bertz CT molecular complexity index is 275. The number of hydrogen-bond donors (Lipinski definition) is 2. The SMILES string of the molecule is CCNCCSC1=NNN(C)N1CC[N+](C)(C)C. The molecule has 0 atom stereocenters. The van der Waals surface area contributed by atoms with Crippen LogP contribution in [0.2, 0.25) is 0 Å². The van der Waals surface area contributed by atoms with Crippen molar-refractivity contribution in [2.24, 2.45) is 5.10 Å². The summed E-state index contributed by atoms with van der Waals surface area (Å²) in [6.07, 6.45) is 0. The van der Waals surface area contributed by atoms with Crippen molar-refractivity contribution in [3.8, 4) is 0 Å². The zero-order valence-corrected chi connectivity index (χ0v) is 13.0. The maximum Gasteiger partial charge on any atom is 0.200 e. The molecule has 0 unspecified atom stereocenters. The number of likely N-dealkylation sites (N-methyl/N-ethyl adjacent to an activating group) is 1. The molecule has 0 saturated carbocycles. The third-order valence-electron chi connectivity index (χ3n) is 2.62. The molecule has 0 radical (unpaired) electrons. The molecule has 0 aliphatic carbocycles. The first-order valence-electron chi connectivity index (χ1n) is 6.42. The van der Waals surface area contributed by atoms with Gasteiger partial charge in [0.2, 0.25) is 5.17 Å². The monoisotopic (exact) mass is 275 g/mol. The summed E-state index contributed by atoms with van der Waals surface area (Å²) in [5.41, 5.74) is 3.00. The van der Waals surface area contributed by atoms with E-state index in [4.69, 9.17) is 0 Å². The zero-order chi connectivity index (χ0) is 13.6. The van der Waals surface area contributed by atoms with Crippen molar-refractivity contribution in [3.63, 3.8) is 0 Å². The summed E-state index contributed by atoms with van der Waals surface area (Å²) in [4.78, 5) is 0. The summed E-state index contributed by atoms with van der Waals surface area (Å²) in [7, 11) is 8.62. The molecular formula is C11H27N6S+. The number of amidine groups is 1. The molecule has 18 heavy (non-hydrogen) atoms. The van der Waals surface area contributed by atoms with Gasteiger partial charge < -0.3 is 9.80 Å². The average Bonchev–Trinajstić information content (AvgIpc) is 2.62. The first-order chi connectivity index (χ1) is 8.44. The standard InChI is InChI=1S/C11H27N6S/c1-6-12-7-10-18-11-13-14-15(2)16(11)8-9-17(3,4)5/h12,14H,6-10H2,1-5H3/q+1. The van der Waals surface area contributed by atoms with Crippen molar-refractivity contribution in [2.45, 2.75) is 6.92 Å². The molecule has 1 aliphatic rings. The van der Waals surface area contributed by atoms with E-state index in [0.717, 1.165) is 41.6 Å². The van der Waals surface area contributed by atoms with Gasteiger partial charge in [-0.25, -0.2) is 5.53 Å². The number of hydrogen-bond acceptors (Lipinski definition) is 6. The quantitative estimate of drug-likeness (QED) is 0.505. The molecular weight excluding hydrogens is 248 g/mol. The Balaban J connectivity index is 2.36. The molecule has 0 amide bonds. The molecule has 0 aromatic carbocycles. The lowest BCUT2D eigenvalue weighted by Gasteiger charge is -2.30. The van der Waals surface area contributed by atoms with Gasteiger partial charge in [-0.3, -0.25) is 5.01 Å². The second kappa shape index (κ2) is 7.18. The van der Waals surface area contributed by atoms with Gasteiger partial charge in [-0.05, 0) is 6.54 Å². The lowest BCUT2D eigenvalue weighted by atomic mass is 10.5. The van der Waals surface area contributed by atoms with Crippen LogP contribution in [-0.4, -0.2) is 79.9 Å². The van der Waals surface area contributed by atoms with Crippen LogP contribution in [-0.2, 0) is 0 Å². The highest BCUT2D eigenvalue weighted by molar-refractivity contribution is 8.13. The van der Waals surface area contributed by atoms with Crippen molar-refractivity contribution in [1.29, 1.82) is 0 Å². The van der Waals surface area contributed by atoms with Crippen molar-refractivity contribution >= 4 is 16.9 Å². The molecule has 0 fully saturated rings. The number of rotatable bonds is 7. The fourth-order valence-electron chi connectivity index (χ4n) is 1.49. The second-order valence-corrected chi connectivity index (χ2v) is 6.42. The normalized spacial score (nSPS) is 16.9. The van der Waals surface area contributed by atoms with Gasteiger partial charge in [0.15, 0.2) is 0 Å². The molecule has 2 N–H and O–H groups in total. The van der Waals surface area contributed by atoms with Gasteiger partial charge in [0.05, 0.1) is 34.2 Å². The van der Waals surface area contributed by atoms with Crippen LogP contribution in [0.1, 0.15) is 6.92 Å². The Hall–Kier alpha value is -0.500. The van der Waals surface area contributed by atoms with E-state index in [1.165, 1.54) is 0 Å². The molecule has 1 heterocycles. The van der Waals surface area contributed by atoms with E-state index in [0.29, 0.717) is 0 Å². The summed E-state index contributed by atoms with van der Waals surface area (Å²) in [6.45, 7) is 6.23. The van der Waals surface area contributed by atoms with Crippen molar-refractivity contribution in [1.82, 2.24) is 21.0 Å². The highest BCUT2D eigenvalue weighted by Crippen LogP contribution is 2.14. The van der Waals surface area contributed by atoms with Crippen LogP contribution >= 0.6 is 11.8 Å². The Morgan fingerprint density at radius 1 is 1.39 bits per heavy atom. The van der Waals surface area contributed by atoms with Crippen LogP contribution < -0.4 is 10.9 Å². The minimum Gasteiger partial charge on any atom is -0.329 e. The minimum atomic E-state index is 0.958. The van der Waals surface area contributed by atoms with Crippen LogP contribution in [0.25, 0.3) is 0 Å². The van der Waals surface area contributed by atoms with Gasteiger partial charge in [0.25, 0.3) is 0 Å². The third kappa shape index (κ3) is 5.43. The highest BCUT2D eigenvalue weighted by atomic mass is 32.2. The number of hydrazone groups is 1. The molecule has 7 heteroatoms. The van der Waals surface area contributed by atoms with Crippen molar-refractivity contribution in [2.75, 3.05) is 60.1 Å². The molecule has 0 spiro atoms. The summed E-state index contributed by atoms with van der Waals surface area (Å²) in [5, 5.41) is 12.9. The zero-order valence-electron chi connectivity index (χ0n) is 12.2. The average molecular weight is 275 g/mol. The minimum absolute atomic E-state index is 0.958. The van der Waals surface area contributed by atoms with E-state index in [2.05, 4.69) is 49.0 Å². The van der Waals surface area contributed by atoms with E-state index >= 15 is 0 Å². The number of nitrogens with zero attached hydrogens (tertiary/aromatic N) is 4. The van der Waals surface area contributed by atoms with Crippen LogP contribution in [0.15, 0.2) is 5.10 Å². The van der Waals surface area contributed by atoms with Crippen LogP contribution in [0.5, 0.6) is 0 Å². The van der Waals surface area contributed by atoms with E-state index in [1.807, 2.05) is 12.2 Å². The molecule has 1 rings (SSSR count). The van der Waals surface area contributed by atoms with Gasteiger partial charge in [0, 0.05) is 19.3 Å². The van der Waals surface area contributed by atoms with E-state index in [1.54, 1.807) is 11.8 Å². The van der Waals surface area contributed by atoms with Crippen molar-refractivity contribution in [3.05, 3.63) is 0 Å². The molecule has 0 aromatic rings. The summed E-state index contributed by atoms with van der Waals surface area (Å²) in [5.74, 6) is 1.04. The molecule has 0 aromatic heterocycles.